The molecule has 0 radical (unpaired) electrons. The molecule has 0 amide bonds. The third-order valence-electron chi connectivity index (χ3n) is 5.41. The van der Waals surface area contributed by atoms with E-state index in [9.17, 15) is 13.2 Å². The summed E-state index contributed by atoms with van der Waals surface area (Å²) in [5.74, 6) is 0.0798. The van der Waals surface area contributed by atoms with Crippen LogP contribution in [0.25, 0.3) is 0 Å². The summed E-state index contributed by atoms with van der Waals surface area (Å²) in [7, 11) is -3.23. The van der Waals surface area contributed by atoms with Crippen LogP contribution >= 0.6 is 0 Å². The van der Waals surface area contributed by atoms with E-state index in [-0.39, 0.29) is 11.5 Å². The fourth-order valence-electron chi connectivity index (χ4n) is 3.52. The second-order valence-corrected chi connectivity index (χ2v) is 11.2. The molecule has 2 aromatic rings. The summed E-state index contributed by atoms with van der Waals surface area (Å²) in [6.07, 6.45) is 4.98. The van der Waals surface area contributed by atoms with E-state index in [1.807, 2.05) is 6.07 Å². The van der Waals surface area contributed by atoms with Crippen LogP contribution in [0.1, 0.15) is 66.2 Å². The number of sulfone groups is 1. The maximum atomic E-state index is 12.7. The molecule has 0 saturated carbocycles. The minimum atomic E-state index is -3.23. The lowest BCUT2D eigenvalue weighted by atomic mass is 9.86. The number of Topliss-reactive ketones (excluding diaryl/α,β-unsaturated/α-hetero) is 1. The normalized spacial score (nSPS) is 14.6. The third kappa shape index (κ3) is 4.49. The molecule has 0 bridgehead atoms. The van der Waals surface area contributed by atoms with Gasteiger partial charge in [0.25, 0.3) is 0 Å². The summed E-state index contributed by atoms with van der Waals surface area (Å²) >= 11 is 0. The quantitative estimate of drug-likeness (QED) is 0.702. The predicted molar refractivity (Wildman–Crippen MR) is 110 cm³/mol. The highest BCUT2D eigenvalue weighted by Gasteiger charge is 2.29. The molecule has 3 nitrogen and oxygen atoms in total. The monoisotopic (exact) mass is 384 g/mol. The number of hydrogen-bond donors (Lipinski definition) is 0. The van der Waals surface area contributed by atoms with Crippen LogP contribution in [0, 0.1) is 0 Å². The SMILES string of the molecule is CC(C)(C)S(=O)(=O)Cc1ccc(C(=O)Cc2cccc3c2CCCC3)cc1. The number of carbonyl (C=O) groups is 1. The Balaban J connectivity index is 1.74. The van der Waals surface area contributed by atoms with Crippen molar-refractivity contribution in [3.63, 3.8) is 0 Å². The summed E-state index contributed by atoms with van der Waals surface area (Å²) in [6, 6.07) is 13.3. The number of ketones is 1. The molecule has 0 saturated heterocycles. The van der Waals surface area contributed by atoms with Gasteiger partial charge in [-0.3, -0.25) is 4.79 Å². The molecule has 1 aliphatic carbocycles. The van der Waals surface area contributed by atoms with Crippen LogP contribution in [0.5, 0.6) is 0 Å². The van der Waals surface area contributed by atoms with E-state index in [0.717, 1.165) is 24.0 Å². The van der Waals surface area contributed by atoms with Gasteiger partial charge in [-0.15, -0.1) is 0 Å². The van der Waals surface area contributed by atoms with E-state index in [0.29, 0.717) is 12.0 Å². The largest absolute Gasteiger partial charge is 0.294 e. The zero-order chi connectivity index (χ0) is 19.7. The van der Waals surface area contributed by atoms with Crippen molar-refractivity contribution in [1.82, 2.24) is 0 Å². The molecule has 144 valence electrons. The third-order valence-corrected chi connectivity index (χ3v) is 7.99. The van der Waals surface area contributed by atoms with Gasteiger partial charge in [0.2, 0.25) is 0 Å². The standard InChI is InChI=1S/C23H28O3S/c1-23(2,3)27(25,26)16-17-11-13-19(14-12-17)22(24)15-20-9-6-8-18-7-4-5-10-21(18)20/h6,8-9,11-14H,4-5,7,10,15-16H2,1-3H3. The highest BCUT2D eigenvalue weighted by molar-refractivity contribution is 7.91. The Labute approximate surface area is 162 Å². The minimum Gasteiger partial charge on any atom is -0.294 e. The Morgan fingerprint density at radius 3 is 2.30 bits per heavy atom. The number of benzene rings is 2. The van der Waals surface area contributed by atoms with E-state index >= 15 is 0 Å². The van der Waals surface area contributed by atoms with E-state index in [1.165, 1.54) is 24.0 Å². The summed E-state index contributed by atoms with van der Waals surface area (Å²) in [5.41, 5.74) is 5.23. The second-order valence-electron chi connectivity index (χ2n) is 8.43. The van der Waals surface area contributed by atoms with E-state index in [1.54, 1.807) is 45.0 Å². The van der Waals surface area contributed by atoms with Crippen molar-refractivity contribution in [3.05, 3.63) is 70.3 Å². The zero-order valence-electron chi connectivity index (χ0n) is 16.4. The Hall–Kier alpha value is -1.94. The van der Waals surface area contributed by atoms with Gasteiger partial charge >= 0.3 is 0 Å². The van der Waals surface area contributed by atoms with Crippen LogP contribution in [0.4, 0.5) is 0 Å². The average molecular weight is 385 g/mol. The van der Waals surface area contributed by atoms with Gasteiger partial charge in [0.15, 0.2) is 15.6 Å². The van der Waals surface area contributed by atoms with E-state index in [4.69, 9.17) is 0 Å². The number of hydrogen-bond acceptors (Lipinski definition) is 3. The van der Waals surface area contributed by atoms with Gasteiger partial charge in [0.1, 0.15) is 0 Å². The van der Waals surface area contributed by atoms with Crippen molar-refractivity contribution in [1.29, 1.82) is 0 Å². The van der Waals surface area contributed by atoms with E-state index in [2.05, 4.69) is 12.1 Å². The van der Waals surface area contributed by atoms with Gasteiger partial charge in [0.05, 0.1) is 10.5 Å². The lowest BCUT2D eigenvalue weighted by Gasteiger charge is -2.19. The lowest BCUT2D eigenvalue weighted by molar-refractivity contribution is 0.0992. The van der Waals surface area contributed by atoms with Gasteiger partial charge in [0, 0.05) is 12.0 Å². The van der Waals surface area contributed by atoms with Crippen molar-refractivity contribution in [2.24, 2.45) is 0 Å². The van der Waals surface area contributed by atoms with Crippen LogP contribution in [-0.2, 0) is 34.9 Å². The molecule has 0 unspecified atom stereocenters. The molecule has 0 heterocycles. The van der Waals surface area contributed by atoms with Crippen molar-refractivity contribution in [3.8, 4) is 0 Å². The van der Waals surface area contributed by atoms with Crippen LogP contribution < -0.4 is 0 Å². The van der Waals surface area contributed by atoms with Gasteiger partial charge in [-0.2, -0.15) is 0 Å². The number of aryl methyl sites for hydroxylation is 1. The minimum absolute atomic E-state index is 0.00281. The smallest absolute Gasteiger partial charge is 0.167 e. The molecular formula is C23H28O3S. The topological polar surface area (TPSA) is 51.2 Å². The van der Waals surface area contributed by atoms with Crippen LogP contribution in [0.2, 0.25) is 0 Å². The van der Waals surface area contributed by atoms with Crippen LogP contribution in [-0.4, -0.2) is 18.9 Å². The fourth-order valence-corrected chi connectivity index (χ4v) is 4.59. The molecule has 27 heavy (non-hydrogen) atoms. The maximum absolute atomic E-state index is 12.7. The Morgan fingerprint density at radius 2 is 1.63 bits per heavy atom. The molecule has 0 fully saturated rings. The van der Waals surface area contributed by atoms with Crippen LogP contribution in [0.15, 0.2) is 42.5 Å². The predicted octanol–water partition coefficient (Wildman–Crippen LogP) is 4.70. The summed E-state index contributed by atoms with van der Waals surface area (Å²) in [4.78, 5) is 12.7. The van der Waals surface area contributed by atoms with Gasteiger partial charge in [-0.1, -0.05) is 42.5 Å². The zero-order valence-corrected chi connectivity index (χ0v) is 17.2. The first-order valence-corrected chi connectivity index (χ1v) is 11.3. The number of fused-ring (bicyclic) bond motifs is 1. The summed E-state index contributed by atoms with van der Waals surface area (Å²) in [5, 5.41) is 0. The Kier molecular flexibility index (Phi) is 5.57. The molecular weight excluding hydrogens is 356 g/mol. The Bertz CT molecular complexity index is 933. The summed E-state index contributed by atoms with van der Waals surface area (Å²) in [6.45, 7) is 5.13. The van der Waals surface area contributed by atoms with Crippen molar-refractivity contribution < 1.29 is 13.2 Å². The van der Waals surface area contributed by atoms with Crippen molar-refractivity contribution in [2.75, 3.05) is 0 Å². The molecule has 2 aromatic carbocycles. The highest BCUT2D eigenvalue weighted by Crippen LogP contribution is 2.26. The molecule has 3 rings (SSSR count). The first-order chi connectivity index (χ1) is 12.7. The maximum Gasteiger partial charge on any atom is 0.167 e. The number of rotatable bonds is 5. The second kappa shape index (κ2) is 7.59. The van der Waals surface area contributed by atoms with Crippen molar-refractivity contribution >= 4 is 15.6 Å². The molecule has 1 aliphatic rings. The number of carbonyl (C=O) groups excluding carboxylic acids is 1. The first kappa shape index (κ1) is 19.8. The first-order valence-electron chi connectivity index (χ1n) is 9.61. The van der Waals surface area contributed by atoms with Crippen LogP contribution in [0.3, 0.4) is 0 Å². The van der Waals surface area contributed by atoms with Gasteiger partial charge < -0.3 is 0 Å². The van der Waals surface area contributed by atoms with Gasteiger partial charge in [-0.05, 0) is 68.7 Å². The van der Waals surface area contributed by atoms with E-state index < -0.39 is 14.6 Å². The summed E-state index contributed by atoms with van der Waals surface area (Å²) < 4.78 is 23.9. The van der Waals surface area contributed by atoms with Gasteiger partial charge in [-0.25, -0.2) is 8.42 Å². The lowest BCUT2D eigenvalue weighted by Crippen LogP contribution is -2.29. The molecule has 0 atom stereocenters. The highest BCUT2D eigenvalue weighted by atomic mass is 32.2. The molecule has 0 aliphatic heterocycles. The average Bonchev–Trinajstić information content (AvgIpc) is 2.61. The van der Waals surface area contributed by atoms with Crippen molar-refractivity contribution in [2.45, 2.75) is 63.4 Å². The molecule has 0 spiro atoms. The molecule has 4 heteroatoms. The fraction of sp³-hybridized carbons (Fsp3) is 0.435. The molecule has 0 N–H and O–H groups in total. The molecule has 0 aromatic heterocycles. The Morgan fingerprint density at radius 1 is 0.963 bits per heavy atom.